The van der Waals surface area contributed by atoms with Gasteiger partial charge in [-0.2, -0.15) is 0 Å². The van der Waals surface area contributed by atoms with Crippen molar-refractivity contribution in [1.82, 2.24) is 4.98 Å². The zero-order chi connectivity index (χ0) is 12.3. The molecule has 1 aliphatic heterocycles. The Morgan fingerprint density at radius 2 is 2.24 bits per heavy atom. The summed E-state index contributed by atoms with van der Waals surface area (Å²) in [6, 6.07) is 1.63. The van der Waals surface area contributed by atoms with Crippen molar-refractivity contribution in [2.45, 2.75) is 18.4 Å². The number of aromatic nitrogens is 1. The fourth-order valence-electron chi connectivity index (χ4n) is 1.78. The Kier molecular flexibility index (Phi) is 3.71. The fraction of sp³-hybridized carbons (Fsp3) is 0.545. The number of nitrogens with zero attached hydrogens (tertiary/aromatic N) is 1. The van der Waals surface area contributed by atoms with Crippen LogP contribution in [0.3, 0.4) is 0 Å². The maximum Gasteiger partial charge on any atom is 0.149 e. The number of hydrogen-bond acceptors (Lipinski definition) is 5. The first kappa shape index (κ1) is 12.4. The van der Waals surface area contributed by atoms with Gasteiger partial charge in [0, 0.05) is 38.8 Å². The van der Waals surface area contributed by atoms with E-state index in [1.165, 1.54) is 6.20 Å². The number of nitrogen functional groups attached to an aromatic ring is 1. The zero-order valence-electron chi connectivity index (χ0n) is 9.45. The van der Waals surface area contributed by atoms with Gasteiger partial charge in [-0.05, 0) is 6.07 Å². The summed E-state index contributed by atoms with van der Waals surface area (Å²) in [7, 11) is 0. The molecule has 1 aromatic rings. The highest BCUT2D eigenvalue weighted by atomic mass is 35.5. The van der Waals surface area contributed by atoms with E-state index in [4.69, 9.17) is 22.1 Å². The summed E-state index contributed by atoms with van der Waals surface area (Å²) >= 11 is 5.76. The fourth-order valence-corrected chi connectivity index (χ4v) is 1.95. The summed E-state index contributed by atoms with van der Waals surface area (Å²) in [4.78, 5) is 4.08. The van der Waals surface area contributed by atoms with Crippen LogP contribution in [0.5, 0.6) is 0 Å². The van der Waals surface area contributed by atoms with E-state index in [2.05, 4.69) is 10.3 Å². The van der Waals surface area contributed by atoms with Crippen LogP contribution in [0, 0.1) is 0 Å². The highest BCUT2D eigenvalue weighted by Gasteiger charge is 2.29. The summed E-state index contributed by atoms with van der Waals surface area (Å²) in [6.45, 7) is 1.58. The van der Waals surface area contributed by atoms with Crippen LogP contribution in [0.15, 0.2) is 12.3 Å². The molecule has 1 aliphatic rings. The van der Waals surface area contributed by atoms with E-state index in [1.54, 1.807) is 6.07 Å². The Balaban J connectivity index is 1.97. The Morgan fingerprint density at radius 1 is 1.53 bits per heavy atom. The molecule has 0 aromatic carbocycles. The number of pyridine rings is 1. The maximum absolute atomic E-state index is 10.2. The van der Waals surface area contributed by atoms with Crippen molar-refractivity contribution in [2.75, 3.05) is 30.8 Å². The molecule has 0 saturated carbocycles. The first-order valence-electron chi connectivity index (χ1n) is 5.54. The minimum absolute atomic E-state index is 0.412. The maximum atomic E-state index is 10.2. The normalized spacial score (nSPS) is 18.9. The van der Waals surface area contributed by atoms with Gasteiger partial charge in [0.15, 0.2) is 0 Å². The van der Waals surface area contributed by atoms with Gasteiger partial charge in [-0.3, -0.25) is 0 Å². The lowest BCUT2D eigenvalue weighted by Gasteiger charge is -2.32. The van der Waals surface area contributed by atoms with Gasteiger partial charge in [-0.1, -0.05) is 11.6 Å². The van der Waals surface area contributed by atoms with Gasteiger partial charge in [0.25, 0.3) is 0 Å². The summed E-state index contributed by atoms with van der Waals surface area (Å²) < 4.78 is 5.21. The standard InChI is InChI=1S/C11H16ClN3O2/c12-8-5-9(13)10(14-6-8)15-7-11(16)1-3-17-4-2-11/h5-6,16H,1-4,7,13H2,(H,14,15). The summed E-state index contributed by atoms with van der Waals surface area (Å²) in [5, 5.41) is 13.8. The van der Waals surface area contributed by atoms with Crippen molar-refractivity contribution >= 4 is 23.1 Å². The summed E-state index contributed by atoms with van der Waals surface area (Å²) in [6.07, 6.45) is 2.76. The number of anilines is 2. The van der Waals surface area contributed by atoms with Crippen molar-refractivity contribution in [3.8, 4) is 0 Å². The third-order valence-corrected chi connectivity index (χ3v) is 3.10. The zero-order valence-corrected chi connectivity index (χ0v) is 10.2. The molecule has 2 heterocycles. The number of aliphatic hydroxyl groups is 1. The Morgan fingerprint density at radius 3 is 2.88 bits per heavy atom. The summed E-state index contributed by atoms with van der Waals surface area (Å²) in [5.74, 6) is 0.550. The minimum Gasteiger partial charge on any atom is -0.396 e. The van der Waals surface area contributed by atoms with E-state index in [0.29, 0.717) is 49.1 Å². The van der Waals surface area contributed by atoms with Gasteiger partial charge in [0.1, 0.15) is 5.82 Å². The number of ether oxygens (including phenoxy) is 1. The van der Waals surface area contributed by atoms with Crippen LogP contribution in [0.25, 0.3) is 0 Å². The quantitative estimate of drug-likeness (QED) is 0.760. The van der Waals surface area contributed by atoms with Crippen molar-refractivity contribution in [1.29, 1.82) is 0 Å². The van der Waals surface area contributed by atoms with Crippen LogP contribution in [0.2, 0.25) is 5.02 Å². The minimum atomic E-state index is -0.744. The molecule has 6 heteroatoms. The molecule has 5 nitrogen and oxygen atoms in total. The van der Waals surface area contributed by atoms with Gasteiger partial charge < -0.3 is 20.9 Å². The van der Waals surface area contributed by atoms with E-state index in [-0.39, 0.29) is 0 Å². The third-order valence-electron chi connectivity index (χ3n) is 2.89. The molecule has 0 atom stereocenters. The van der Waals surface area contributed by atoms with Gasteiger partial charge in [-0.25, -0.2) is 4.98 Å². The van der Waals surface area contributed by atoms with E-state index >= 15 is 0 Å². The van der Waals surface area contributed by atoms with Gasteiger partial charge in [0.2, 0.25) is 0 Å². The molecule has 94 valence electrons. The molecule has 4 N–H and O–H groups in total. The second-order valence-corrected chi connectivity index (χ2v) is 4.72. The number of nitrogens with two attached hydrogens (primary N) is 1. The third kappa shape index (κ3) is 3.21. The van der Waals surface area contributed by atoms with Crippen LogP contribution < -0.4 is 11.1 Å². The topological polar surface area (TPSA) is 80.4 Å². The number of rotatable bonds is 3. The van der Waals surface area contributed by atoms with E-state index < -0.39 is 5.60 Å². The molecule has 17 heavy (non-hydrogen) atoms. The first-order valence-corrected chi connectivity index (χ1v) is 5.92. The number of hydrogen-bond donors (Lipinski definition) is 3. The van der Waals surface area contributed by atoms with Gasteiger partial charge in [-0.15, -0.1) is 0 Å². The van der Waals surface area contributed by atoms with E-state index in [9.17, 15) is 5.11 Å². The lowest BCUT2D eigenvalue weighted by molar-refractivity contribution is -0.0543. The van der Waals surface area contributed by atoms with Gasteiger partial charge >= 0.3 is 0 Å². The van der Waals surface area contributed by atoms with E-state index in [0.717, 1.165) is 0 Å². The lowest BCUT2D eigenvalue weighted by atomic mass is 9.94. The van der Waals surface area contributed by atoms with Crippen LogP contribution >= 0.6 is 11.6 Å². The highest BCUT2D eigenvalue weighted by Crippen LogP contribution is 2.23. The van der Waals surface area contributed by atoms with Crippen LogP contribution in [-0.4, -0.2) is 35.5 Å². The molecule has 2 rings (SSSR count). The number of halogens is 1. The SMILES string of the molecule is Nc1cc(Cl)cnc1NCC1(O)CCOCC1. The van der Waals surface area contributed by atoms with E-state index in [1.807, 2.05) is 0 Å². The average Bonchev–Trinajstić information content (AvgIpc) is 2.29. The average molecular weight is 258 g/mol. The van der Waals surface area contributed by atoms with Gasteiger partial charge in [0.05, 0.1) is 16.3 Å². The Bertz CT molecular complexity index is 394. The van der Waals surface area contributed by atoms with Crippen LogP contribution in [0.1, 0.15) is 12.8 Å². The predicted octanol–water partition coefficient (Wildman–Crippen LogP) is 1.27. The van der Waals surface area contributed by atoms with Crippen molar-refractivity contribution < 1.29 is 9.84 Å². The monoisotopic (exact) mass is 257 g/mol. The first-order chi connectivity index (χ1) is 8.09. The molecule has 1 saturated heterocycles. The lowest BCUT2D eigenvalue weighted by Crippen LogP contribution is -2.42. The molecular formula is C11H16ClN3O2. The van der Waals surface area contributed by atoms with Crippen LogP contribution in [0.4, 0.5) is 11.5 Å². The molecular weight excluding hydrogens is 242 g/mol. The summed E-state index contributed by atoms with van der Waals surface area (Å²) in [5.41, 5.74) is 5.50. The van der Waals surface area contributed by atoms with Crippen LogP contribution in [-0.2, 0) is 4.74 Å². The predicted molar refractivity (Wildman–Crippen MR) is 67.2 cm³/mol. The second-order valence-electron chi connectivity index (χ2n) is 4.28. The molecule has 1 aromatic heterocycles. The molecule has 0 bridgehead atoms. The molecule has 0 aliphatic carbocycles. The largest absolute Gasteiger partial charge is 0.396 e. The number of nitrogens with one attached hydrogen (secondary N) is 1. The molecule has 1 fully saturated rings. The van der Waals surface area contributed by atoms with Crippen molar-refractivity contribution in [2.24, 2.45) is 0 Å². The molecule has 0 spiro atoms. The Hall–Kier alpha value is -1.04. The second kappa shape index (κ2) is 5.08. The molecule has 0 amide bonds. The van der Waals surface area contributed by atoms with Crippen molar-refractivity contribution in [3.63, 3.8) is 0 Å². The highest BCUT2D eigenvalue weighted by molar-refractivity contribution is 6.30. The smallest absolute Gasteiger partial charge is 0.149 e. The Labute approximate surface area is 105 Å². The molecule has 0 radical (unpaired) electrons. The molecule has 0 unspecified atom stereocenters. The van der Waals surface area contributed by atoms with Crippen molar-refractivity contribution in [3.05, 3.63) is 17.3 Å².